The summed E-state index contributed by atoms with van der Waals surface area (Å²) in [5.74, 6) is -4.16. The average molecular weight is 564 g/mol. The zero-order valence-corrected chi connectivity index (χ0v) is 19.3. The highest BCUT2D eigenvalue weighted by atomic mass is 127. The predicted molar refractivity (Wildman–Crippen MR) is 121 cm³/mol. The fourth-order valence-electron chi connectivity index (χ4n) is 3.55. The van der Waals surface area contributed by atoms with Gasteiger partial charge in [-0.25, -0.2) is 16.4 Å². The van der Waals surface area contributed by atoms with Crippen LogP contribution < -0.4 is 11.1 Å². The van der Waals surface area contributed by atoms with E-state index in [9.17, 15) is 28.0 Å². The minimum atomic E-state index is -1.30. The summed E-state index contributed by atoms with van der Waals surface area (Å²) >= 11 is -0.788. The molecule has 2 heterocycles. The number of amides is 2. The van der Waals surface area contributed by atoms with Gasteiger partial charge in [0.05, 0.1) is 5.70 Å². The van der Waals surface area contributed by atoms with Crippen LogP contribution in [0, 0.1) is 17.5 Å². The van der Waals surface area contributed by atoms with E-state index in [1.54, 1.807) is 12.2 Å². The molecule has 7 nitrogen and oxygen atoms in total. The third-order valence-electron chi connectivity index (χ3n) is 5.14. The molecule has 2 amide bonds. The molecule has 0 spiro atoms. The van der Waals surface area contributed by atoms with Gasteiger partial charge in [0.25, 0.3) is 0 Å². The molecule has 0 aromatic heterocycles. The number of carbonyl (C=O) groups is 2. The van der Waals surface area contributed by atoms with Gasteiger partial charge in [0, 0.05) is 59.0 Å². The predicted octanol–water partition coefficient (Wildman–Crippen LogP) is 2.30. The summed E-state index contributed by atoms with van der Waals surface area (Å²) in [6, 6.07) is -0.513. The van der Waals surface area contributed by atoms with Gasteiger partial charge in [-0.3, -0.25) is 14.8 Å². The highest BCUT2D eigenvalue weighted by Crippen LogP contribution is 2.24. The van der Waals surface area contributed by atoms with E-state index in [2.05, 4.69) is 5.32 Å². The van der Waals surface area contributed by atoms with E-state index in [1.807, 2.05) is 10.1 Å². The lowest BCUT2D eigenvalue weighted by Crippen LogP contribution is -2.49. The molecule has 4 N–H and O–H groups in total. The van der Waals surface area contributed by atoms with Crippen molar-refractivity contribution in [2.75, 3.05) is 13.1 Å². The molecule has 0 saturated carbocycles. The van der Waals surface area contributed by atoms with Crippen LogP contribution in [0.5, 0.6) is 0 Å². The van der Waals surface area contributed by atoms with Crippen LogP contribution in [0.2, 0.25) is 0 Å². The minimum Gasteiger partial charge on any atom is -0.354 e. The number of hydrogen-bond donors (Lipinski definition) is 3. The van der Waals surface area contributed by atoms with Crippen molar-refractivity contribution in [1.29, 1.82) is 0 Å². The van der Waals surface area contributed by atoms with Crippen LogP contribution >= 0.6 is 21.0 Å². The fourth-order valence-corrected chi connectivity index (χ4v) is 5.00. The summed E-state index contributed by atoms with van der Waals surface area (Å²) in [4.78, 5) is 27.1. The molecular formula is C21H24F3IN4O3. The zero-order valence-electron chi connectivity index (χ0n) is 17.1. The molecule has 174 valence electrons. The second-order valence-electron chi connectivity index (χ2n) is 7.50. The highest BCUT2D eigenvalue weighted by molar-refractivity contribution is 14.2. The molecule has 0 bridgehead atoms. The van der Waals surface area contributed by atoms with Crippen molar-refractivity contribution in [2.24, 2.45) is 5.73 Å². The maximum absolute atomic E-state index is 13.9. The number of hydroxylamine groups is 1. The number of benzene rings is 1. The summed E-state index contributed by atoms with van der Waals surface area (Å²) in [7, 11) is 0. The summed E-state index contributed by atoms with van der Waals surface area (Å²) in [6.45, 7) is 0.720. The Labute approximate surface area is 193 Å². The van der Waals surface area contributed by atoms with Crippen molar-refractivity contribution in [3.63, 3.8) is 0 Å². The lowest BCUT2D eigenvalue weighted by atomic mass is 10.0. The van der Waals surface area contributed by atoms with Gasteiger partial charge in [0.15, 0.2) is 11.6 Å². The molecule has 3 rings (SSSR count). The van der Waals surface area contributed by atoms with Crippen molar-refractivity contribution >= 4 is 36.8 Å². The van der Waals surface area contributed by atoms with Crippen molar-refractivity contribution < 1.29 is 28.0 Å². The molecule has 1 aromatic carbocycles. The molecule has 0 radical (unpaired) electrons. The van der Waals surface area contributed by atoms with Crippen LogP contribution in [0.15, 0.2) is 36.1 Å². The maximum atomic E-state index is 13.9. The van der Waals surface area contributed by atoms with E-state index < -0.39 is 56.4 Å². The summed E-state index contributed by atoms with van der Waals surface area (Å²) in [5.41, 5.74) is 6.42. The van der Waals surface area contributed by atoms with Crippen LogP contribution in [0.25, 0.3) is 0 Å². The number of hydrogen-bond acceptors (Lipinski definition) is 5. The Morgan fingerprint density at radius 1 is 1.25 bits per heavy atom. The molecule has 2 aliphatic rings. The Balaban J connectivity index is 1.72. The van der Waals surface area contributed by atoms with E-state index in [0.717, 1.165) is 9.34 Å². The van der Waals surface area contributed by atoms with Crippen LogP contribution in [0.3, 0.4) is 0 Å². The van der Waals surface area contributed by atoms with Crippen molar-refractivity contribution in [1.82, 2.24) is 13.5 Å². The standard InChI is InChI=1S/C21H24F3IN4O3/c22-16-12-18(24)17(23)9-13(16)8-14(26)10-20(30)28-7-3-6-27-21(31)19(28)11-15-4-1-2-5-25-29(15)32/h1-2,4-5,9,12,14,19,32H,3,6-8,10-11,26H2,(H,27,31)/t14-,19-/m1/s1. The van der Waals surface area contributed by atoms with Gasteiger partial charge >= 0.3 is 0 Å². The van der Waals surface area contributed by atoms with E-state index in [4.69, 9.17) is 5.73 Å². The zero-order chi connectivity index (χ0) is 23.3. The third-order valence-corrected chi connectivity index (χ3v) is 7.03. The first-order valence-corrected chi connectivity index (χ1v) is 12.2. The first-order chi connectivity index (χ1) is 15.3. The summed E-state index contributed by atoms with van der Waals surface area (Å²) in [5, 5.41) is 13.0. The Morgan fingerprint density at radius 3 is 2.78 bits per heavy atom. The lowest BCUT2D eigenvalue weighted by Gasteiger charge is -2.31. The molecule has 2 atom stereocenters. The number of carbonyl (C=O) groups excluding carboxylic acids is 2. The van der Waals surface area contributed by atoms with Gasteiger partial charge in [0.1, 0.15) is 11.9 Å². The van der Waals surface area contributed by atoms with Gasteiger partial charge in [-0.2, -0.15) is 0 Å². The molecule has 0 aliphatic carbocycles. The number of nitrogens with two attached hydrogens (primary N) is 1. The van der Waals surface area contributed by atoms with Gasteiger partial charge in [0.2, 0.25) is 11.8 Å². The van der Waals surface area contributed by atoms with E-state index in [-0.39, 0.29) is 30.7 Å². The monoisotopic (exact) mass is 564 g/mol. The van der Waals surface area contributed by atoms with E-state index in [0.29, 0.717) is 31.3 Å². The van der Waals surface area contributed by atoms with Gasteiger partial charge in [-0.05, 0) is 34.6 Å². The Kier molecular flexibility index (Phi) is 8.43. The number of allylic oxidation sites excluding steroid dienone is 3. The largest absolute Gasteiger partial charge is 0.354 e. The van der Waals surface area contributed by atoms with Crippen molar-refractivity contribution in [3.05, 3.63) is 59.1 Å². The molecule has 2 aliphatic heterocycles. The molecule has 1 fully saturated rings. The fraction of sp³-hybridized carbons (Fsp3) is 0.381. The number of rotatable bonds is 6. The van der Waals surface area contributed by atoms with E-state index in [1.165, 1.54) is 4.90 Å². The first kappa shape index (κ1) is 24.4. The molecular weight excluding hydrogens is 540 g/mol. The molecule has 32 heavy (non-hydrogen) atoms. The Bertz CT molecular complexity index is 970. The average Bonchev–Trinajstić information content (AvgIpc) is 3.05. The lowest BCUT2D eigenvalue weighted by molar-refractivity contribution is -0.140. The summed E-state index contributed by atoms with van der Waals surface area (Å²) < 4.78 is 43.5. The van der Waals surface area contributed by atoms with Crippen molar-refractivity contribution in [3.8, 4) is 0 Å². The number of nitrogens with zero attached hydrogens (tertiary/aromatic N) is 2. The topological polar surface area (TPSA) is 98.9 Å². The van der Waals surface area contributed by atoms with Crippen molar-refractivity contribution in [2.45, 2.75) is 37.8 Å². The normalized spacial score (nSPS) is 20.1. The van der Waals surface area contributed by atoms with Crippen LogP contribution in [0.1, 0.15) is 24.8 Å². The third kappa shape index (κ3) is 6.17. The highest BCUT2D eigenvalue weighted by Gasteiger charge is 2.33. The van der Waals surface area contributed by atoms with E-state index >= 15 is 0 Å². The molecule has 1 aromatic rings. The number of nitrogens with one attached hydrogen (secondary N) is 1. The smallest absolute Gasteiger partial charge is 0.243 e. The minimum absolute atomic E-state index is 0.124. The molecule has 0 unspecified atom stereocenters. The Hall–Kier alpha value is -2.25. The first-order valence-electron chi connectivity index (χ1n) is 10.0. The Morgan fingerprint density at radius 2 is 2.00 bits per heavy atom. The second kappa shape index (κ2) is 11.1. The van der Waals surface area contributed by atoms with Crippen LogP contribution in [-0.4, -0.2) is 54.4 Å². The van der Waals surface area contributed by atoms with Gasteiger partial charge in [-0.15, -0.1) is 0 Å². The SMILES string of the molecule is N[C@@H](CC(=O)N1CCCNC(=O)[C@H]1CC1=CC=CC=IN1O)Cc1cc(F)c(F)cc1F. The van der Waals surface area contributed by atoms with Gasteiger partial charge in [-0.1, -0.05) is 12.2 Å². The maximum Gasteiger partial charge on any atom is 0.243 e. The van der Waals surface area contributed by atoms with Crippen LogP contribution in [0.4, 0.5) is 13.2 Å². The quantitative estimate of drug-likeness (QED) is 0.280. The van der Waals surface area contributed by atoms with Gasteiger partial charge < -0.3 is 16.0 Å². The number of halogens is 4. The van der Waals surface area contributed by atoms with Crippen LogP contribution in [-0.2, 0) is 16.0 Å². The second-order valence-corrected chi connectivity index (χ2v) is 9.69. The molecule has 1 saturated heterocycles. The summed E-state index contributed by atoms with van der Waals surface area (Å²) in [6.07, 6.45) is 5.57. The molecule has 11 heteroatoms.